The van der Waals surface area contributed by atoms with Crippen LogP contribution < -0.4 is 9.64 Å². The van der Waals surface area contributed by atoms with Crippen molar-refractivity contribution in [1.82, 2.24) is 4.90 Å². The van der Waals surface area contributed by atoms with Gasteiger partial charge in [0.05, 0.1) is 18.0 Å². The molecule has 5 nitrogen and oxygen atoms in total. The molecule has 1 heterocycles. The molecule has 0 fully saturated rings. The summed E-state index contributed by atoms with van der Waals surface area (Å²) in [7, 11) is 1.71. The van der Waals surface area contributed by atoms with Crippen molar-refractivity contribution in [1.29, 1.82) is 0 Å². The van der Waals surface area contributed by atoms with Crippen molar-refractivity contribution in [3.63, 3.8) is 0 Å². The lowest BCUT2D eigenvalue weighted by Gasteiger charge is -2.30. The molecule has 0 radical (unpaired) electrons. The number of benzene rings is 2. The highest BCUT2D eigenvalue weighted by Gasteiger charge is 2.27. The standard InChI is InChI=1S/C19H19ClN2O3S/c1-21(9-10-25-15-6-4-5-14(20)11-15)18(23)12-22-16-7-2-3-8-17(16)26-13-19(22)24/h2-8,11H,9-10,12-13H2,1H3. The normalized spacial score (nSPS) is 13.3. The Kier molecular flexibility index (Phi) is 6.06. The minimum atomic E-state index is -0.130. The van der Waals surface area contributed by atoms with Crippen LogP contribution in [0.15, 0.2) is 53.4 Å². The Labute approximate surface area is 161 Å². The third-order valence-corrected chi connectivity index (χ3v) is 5.30. The lowest BCUT2D eigenvalue weighted by Crippen LogP contribution is -2.44. The summed E-state index contributed by atoms with van der Waals surface area (Å²) in [4.78, 5) is 28.9. The highest BCUT2D eigenvalue weighted by Crippen LogP contribution is 2.34. The third-order valence-electron chi connectivity index (χ3n) is 4.02. The molecule has 1 aliphatic rings. The summed E-state index contributed by atoms with van der Waals surface area (Å²) in [5, 5.41) is 0.604. The molecule has 136 valence electrons. The molecule has 1 aliphatic heterocycles. The van der Waals surface area contributed by atoms with Crippen LogP contribution in [0.2, 0.25) is 5.02 Å². The summed E-state index contributed by atoms with van der Waals surface area (Å²) >= 11 is 7.42. The largest absolute Gasteiger partial charge is 0.492 e. The van der Waals surface area contributed by atoms with Gasteiger partial charge in [0.15, 0.2) is 0 Å². The number of halogens is 1. The van der Waals surface area contributed by atoms with Crippen LogP contribution in [0, 0.1) is 0 Å². The Morgan fingerprint density at radius 1 is 1.27 bits per heavy atom. The van der Waals surface area contributed by atoms with Gasteiger partial charge in [-0.2, -0.15) is 0 Å². The molecule has 0 spiro atoms. The van der Waals surface area contributed by atoms with Crippen molar-refractivity contribution < 1.29 is 14.3 Å². The Bertz CT molecular complexity index is 815. The molecule has 0 saturated heterocycles. The highest BCUT2D eigenvalue weighted by atomic mass is 35.5. The third kappa shape index (κ3) is 4.51. The van der Waals surface area contributed by atoms with E-state index in [1.165, 1.54) is 11.8 Å². The van der Waals surface area contributed by atoms with Crippen LogP contribution in [0.4, 0.5) is 5.69 Å². The van der Waals surface area contributed by atoms with Gasteiger partial charge in [0, 0.05) is 17.0 Å². The van der Waals surface area contributed by atoms with Crippen molar-refractivity contribution in [2.45, 2.75) is 4.90 Å². The Balaban J connectivity index is 1.55. The van der Waals surface area contributed by atoms with Crippen LogP contribution in [0.3, 0.4) is 0 Å². The Hall–Kier alpha value is -2.18. The molecule has 2 aromatic rings. The lowest BCUT2D eigenvalue weighted by molar-refractivity contribution is -0.130. The first-order valence-electron chi connectivity index (χ1n) is 8.19. The molecular formula is C19H19ClN2O3S. The van der Waals surface area contributed by atoms with Crippen LogP contribution in [-0.4, -0.2) is 49.2 Å². The zero-order chi connectivity index (χ0) is 18.5. The SMILES string of the molecule is CN(CCOc1cccc(Cl)c1)C(=O)CN1C(=O)CSc2ccccc21. The van der Waals surface area contributed by atoms with E-state index in [-0.39, 0.29) is 18.4 Å². The number of hydrogen-bond donors (Lipinski definition) is 0. The van der Waals surface area contributed by atoms with Gasteiger partial charge in [-0.15, -0.1) is 11.8 Å². The fourth-order valence-corrected chi connectivity index (χ4v) is 3.68. The average Bonchev–Trinajstić information content (AvgIpc) is 2.64. The number of anilines is 1. The Morgan fingerprint density at radius 2 is 2.08 bits per heavy atom. The quantitative estimate of drug-likeness (QED) is 0.759. The molecule has 2 aromatic carbocycles. The van der Waals surface area contributed by atoms with Crippen LogP contribution in [0.5, 0.6) is 5.75 Å². The minimum Gasteiger partial charge on any atom is -0.492 e. The number of carbonyl (C=O) groups is 2. The molecule has 26 heavy (non-hydrogen) atoms. The van der Waals surface area contributed by atoms with Crippen molar-refractivity contribution in [3.8, 4) is 5.75 Å². The van der Waals surface area contributed by atoms with E-state index in [0.29, 0.717) is 29.7 Å². The van der Waals surface area contributed by atoms with Gasteiger partial charge in [-0.25, -0.2) is 0 Å². The van der Waals surface area contributed by atoms with E-state index in [4.69, 9.17) is 16.3 Å². The molecule has 0 aliphatic carbocycles. The number of para-hydroxylation sites is 1. The van der Waals surface area contributed by atoms with Gasteiger partial charge in [0.1, 0.15) is 18.9 Å². The molecule has 3 rings (SSSR count). The average molecular weight is 391 g/mol. The zero-order valence-corrected chi connectivity index (χ0v) is 15.9. The summed E-state index contributed by atoms with van der Waals surface area (Å²) in [6, 6.07) is 14.8. The Morgan fingerprint density at radius 3 is 2.88 bits per heavy atom. The van der Waals surface area contributed by atoms with Crippen molar-refractivity contribution in [2.24, 2.45) is 0 Å². The van der Waals surface area contributed by atoms with Crippen LogP contribution in [0.1, 0.15) is 0 Å². The molecule has 7 heteroatoms. The monoisotopic (exact) mass is 390 g/mol. The first-order valence-corrected chi connectivity index (χ1v) is 9.55. The fourth-order valence-electron chi connectivity index (χ4n) is 2.57. The summed E-state index contributed by atoms with van der Waals surface area (Å²) in [6.07, 6.45) is 0. The summed E-state index contributed by atoms with van der Waals surface area (Å²) in [5.74, 6) is 0.835. The van der Waals surface area contributed by atoms with E-state index in [2.05, 4.69) is 0 Å². The van der Waals surface area contributed by atoms with Gasteiger partial charge >= 0.3 is 0 Å². The van der Waals surface area contributed by atoms with Crippen LogP contribution >= 0.6 is 23.4 Å². The van der Waals surface area contributed by atoms with E-state index in [9.17, 15) is 9.59 Å². The van der Waals surface area contributed by atoms with Crippen molar-refractivity contribution in [2.75, 3.05) is 37.4 Å². The number of rotatable bonds is 6. The zero-order valence-electron chi connectivity index (χ0n) is 14.4. The van der Waals surface area contributed by atoms with Gasteiger partial charge in [-0.1, -0.05) is 29.8 Å². The van der Waals surface area contributed by atoms with Gasteiger partial charge in [-0.05, 0) is 30.3 Å². The maximum atomic E-state index is 12.5. The molecule has 0 atom stereocenters. The lowest BCUT2D eigenvalue weighted by atomic mass is 10.2. The summed E-state index contributed by atoms with van der Waals surface area (Å²) in [5.41, 5.74) is 0.797. The number of fused-ring (bicyclic) bond motifs is 1. The number of likely N-dealkylation sites (N-methyl/N-ethyl adjacent to an activating group) is 1. The van der Waals surface area contributed by atoms with Gasteiger partial charge in [0.25, 0.3) is 0 Å². The van der Waals surface area contributed by atoms with Gasteiger partial charge in [-0.3, -0.25) is 9.59 Å². The maximum Gasteiger partial charge on any atom is 0.242 e. The van der Waals surface area contributed by atoms with Crippen molar-refractivity contribution in [3.05, 3.63) is 53.6 Å². The molecule has 0 bridgehead atoms. The number of ether oxygens (including phenoxy) is 1. The second kappa shape index (κ2) is 8.47. The number of amides is 2. The molecule has 0 unspecified atom stereocenters. The molecule has 0 N–H and O–H groups in total. The van der Waals surface area contributed by atoms with Gasteiger partial charge in [0.2, 0.25) is 11.8 Å². The smallest absolute Gasteiger partial charge is 0.242 e. The van der Waals surface area contributed by atoms with E-state index in [1.54, 1.807) is 29.0 Å². The predicted octanol–water partition coefficient (Wildman–Crippen LogP) is 3.32. The van der Waals surface area contributed by atoms with Gasteiger partial charge < -0.3 is 14.5 Å². The molecule has 0 saturated carbocycles. The van der Waals surface area contributed by atoms with E-state index in [1.807, 2.05) is 36.4 Å². The molecule has 0 aromatic heterocycles. The van der Waals surface area contributed by atoms with E-state index in [0.717, 1.165) is 10.6 Å². The highest BCUT2D eigenvalue weighted by molar-refractivity contribution is 8.00. The maximum absolute atomic E-state index is 12.5. The minimum absolute atomic E-state index is 0.0318. The first-order chi connectivity index (χ1) is 12.5. The van der Waals surface area contributed by atoms with E-state index < -0.39 is 0 Å². The second-order valence-corrected chi connectivity index (χ2v) is 7.31. The van der Waals surface area contributed by atoms with Crippen LogP contribution in [-0.2, 0) is 9.59 Å². The number of nitrogens with zero attached hydrogens (tertiary/aromatic N) is 2. The van der Waals surface area contributed by atoms with Crippen LogP contribution in [0.25, 0.3) is 0 Å². The summed E-state index contributed by atoms with van der Waals surface area (Å²) < 4.78 is 5.61. The predicted molar refractivity (Wildman–Crippen MR) is 104 cm³/mol. The summed E-state index contributed by atoms with van der Waals surface area (Å²) in [6.45, 7) is 0.802. The second-order valence-electron chi connectivity index (χ2n) is 5.86. The molecule has 2 amide bonds. The fraction of sp³-hybridized carbons (Fsp3) is 0.263. The molecular weight excluding hydrogens is 372 g/mol. The van der Waals surface area contributed by atoms with E-state index >= 15 is 0 Å². The van der Waals surface area contributed by atoms with Crippen molar-refractivity contribution >= 4 is 40.9 Å². The first kappa shape index (κ1) is 18.6. The number of thioether (sulfide) groups is 1. The number of hydrogen-bond acceptors (Lipinski definition) is 4. The topological polar surface area (TPSA) is 49.9 Å². The number of carbonyl (C=O) groups excluding carboxylic acids is 2.